The van der Waals surface area contributed by atoms with Crippen LogP contribution in [0.4, 0.5) is 0 Å². The zero-order valence-corrected chi connectivity index (χ0v) is 13.6. The van der Waals surface area contributed by atoms with E-state index in [1.807, 2.05) is 0 Å². The molecule has 0 bridgehead atoms. The lowest BCUT2D eigenvalue weighted by molar-refractivity contribution is -0.0794. The van der Waals surface area contributed by atoms with Gasteiger partial charge in [0, 0.05) is 13.2 Å². The fourth-order valence-electron chi connectivity index (χ4n) is 2.99. The Bertz CT molecular complexity index is 214. The third-order valence-electron chi connectivity index (χ3n) is 4.57. The van der Waals surface area contributed by atoms with Gasteiger partial charge < -0.3 is 10.1 Å². The number of rotatable bonds is 9. The first-order chi connectivity index (χ1) is 9.12. The quantitative estimate of drug-likeness (QED) is 0.627. The van der Waals surface area contributed by atoms with E-state index in [2.05, 4.69) is 33.0 Å². The van der Waals surface area contributed by atoms with Crippen LogP contribution in [0, 0.1) is 11.8 Å². The van der Waals surface area contributed by atoms with Crippen molar-refractivity contribution < 1.29 is 4.74 Å². The second kappa shape index (κ2) is 8.97. The van der Waals surface area contributed by atoms with Crippen LogP contribution in [-0.4, -0.2) is 25.3 Å². The smallest absolute Gasteiger partial charge is 0.0806 e. The molecule has 1 aliphatic rings. The summed E-state index contributed by atoms with van der Waals surface area (Å²) in [7, 11) is 0. The van der Waals surface area contributed by atoms with Gasteiger partial charge in [-0.05, 0) is 56.9 Å². The Hall–Kier alpha value is -0.0800. The van der Waals surface area contributed by atoms with Crippen LogP contribution in [0.15, 0.2) is 0 Å². The van der Waals surface area contributed by atoms with Gasteiger partial charge in [-0.2, -0.15) is 0 Å². The zero-order valence-electron chi connectivity index (χ0n) is 13.6. The van der Waals surface area contributed by atoms with E-state index in [0.717, 1.165) is 31.5 Å². The molecule has 0 spiro atoms. The second-order valence-electron chi connectivity index (χ2n) is 6.74. The summed E-state index contributed by atoms with van der Waals surface area (Å²) in [4.78, 5) is 0. The van der Waals surface area contributed by atoms with E-state index in [4.69, 9.17) is 4.74 Å². The Balaban J connectivity index is 2.43. The summed E-state index contributed by atoms with van der Waals surface area (Å²) in [6.45, 7) is 12.2. The molecule has 0 heterocycles. The SMILES string of the molecule is CCCNCC1(OCCC(C)C)CCC(CC)CC1. The molecule has 1 fully saturated rings. The highest BCUT2D eigenvalue weighted by atomic mass is 16.5. The van der Waals surface area contributed by atoms with Gasteiger partial charge in [0.1, 0.15) is 0 Å². The van der Waals surface area contributed by atoms with Gasteiger partial charge in [0.2, 0.25) is 0 Å². The van der Waals surface area contributed by atoms with Crippen molar-refractivity contribution in [3.8, 4) is 0 Å². The van der Waals surface area contributed by atoms with E-state index >= 15 is 0 Å². The summed E-state index contributed by atoms with van der Waals surface area (Å²) in [5.41, 5.74) is 0.135. The Morgan fingerprint density at radius 3 is 2.42 bits per heavy atom. The van der Waals surface area contributed by atoms with Crippen LogP contribution in [0.1, 0.15) is 72.6 Å². The van der Waals surface area contributed by atoms with E-state index in [9.17, 15) is 0 Å². The highest BCUT2D eigenvalue weighted by Gasteiger charge is 2.35. The van der Waals surface area contributed by atoms with Crippen molar-refractivity contribution in [2.45, 2.75) is 78.2 Å². The van der Waals surface area contributed by atoms with Gasteiger partial charge in [-0.1, -0.05) is 34.1 Å². The standard InChI is InChI=1S/C17H35NO/c1-5-12-18-14-17(19-13-9-15(3)4)10-7-16(6-2)8-11-17/h15-16,18H,5-14H2,1-4H3. The Labute approximate surface area is 120 Å². The van der Waals surface area contributed by atoms with Gasteiger partial charge >= 0.3 is 0 Å². The summed E-state index contributed by atoms with van der Waals surface area (Å²) >= 11 is 0. The second-order valence-corrected chi connectivity index (χ2v) is 6.74. The Kier molecular flexibility index (Phi) is 8.01. The lowest BCUT2D eigenvalue weighted by Gasteiger charge is -2.40. The van der Waals surface area contributed by atoms with Crippen molar-refractivity contribution in [3.63, 3.8) is 0 Å². The molecule has 2 nitrogen and oxygen atoms in total. The maximum Gasteiger partial charge on any atom is 0.0806 e. The molecule has 0 aliphatic heterocycles. The fraction of sp³-hybridized carbons (Fsp3) is 1.00. The first kappa shape index (κ1) is 17.0. The number of hydrogen-bond acceptors (Lipinski definition) is 2. The van der Waals surface area contributed by atoms with Crippen molar-refractivity contribution in [2.24, 2.45) is 11.8 Å². The molecule has 0 atom stereocenters. The highest BCUT2D eigenvalue weighted by molar-refractivity contribution is 4.89. The van der Waals surface area contributed by atoms with Crippen LogP contribution >= 0.6 is 0 Å². The molecule has 0 aromatic heterocycles. The lowest BCUT2D eigenvalue weighted by Crippen LogP contribution is -2.46. The molecule has 0 unspecified atom stereocenters. The summed E-state index contributed by atoms with van der Waals surface area (Å²) in [5, 5.41) is 3.59. The number of nitrogens with one attached hydrogen (secondary N) is 1. The normalized spacial score (nSPS) is 27.9. The average molecular weight is 269 g/mol. The largest absolute Gasteiger partial charge is 0.374 e. The highest BCUT2D eigenvalue weighted by Crippen LogP contribution is 2.36. The summed E-state index contributed by atoms with van der Waals surface area (Å²) in [5.74, 6) is 1.68. The van der Waals surface area contributed by atoms with Gasteiger partial charge in [-0.25, -0.2) is 0 Å². The minimum absolute atomic E-state index is 0.135. The molecule has 1 saturated carbocycles. The van der Waals surface area contributed by atoms with Crippen molar-refractivity contribution in [1.82, 2.24) is 5.32 Å². The van der Waals surface area contributed by atoms with E-state index in [0.29, 0.717) is 0 Å². The molecule has 0 amide bonds. The van der Waals surface area contributed by atoms with Crippen molar-refractivity contribution in [1.29, 1.82) is 0 Å². The number of ether oxygens (including phenoxy) is 1. The van der Waals surface area contributed by atoms with Crippen LogP contribution in [0.3, 0.4) is 0 Å². The fourth-order valence-corrected chi connectivity index (χ4v) is 2.99. The van der Waals surface area contributed by atoms with Gasteiger partial charge in [0.15, 0.2) is 0 Å². The summed E-state index contributed by atoms with van der Waals surface area (Å²) in [6, 6.07) is 0. The van der Waals surface area contributed by atoms with E-state index in [-0.39, 0.29) is 5.60 Å². The topological polar surface area (TPSA) is 21.3 Å². The first-order valence-corrected chi connectivity index (χ1v) is 8.46. The molecule has 19 heavy (non-hydrogen) atoms. The van der Waals surface area contributed by atoms with Crippen LogP contribution in [0.25, 0.3) is 0 Å². The molecular weight excluding hydrogens is 234 g/mol. The lowest BCUT2D eigenvalue weighted by atomic mass is 9.77. The van der Waals surface area contributed by atoms with E-state index in [1.54, 1.807) is 0 Å². The molecule has 1 rings (SSSR count). The van der Waals surface area contributed by atoms with Crippen LogP contribution in [-0.2, 0) is 4.74 Å². The number of hydrogen-bond donors (Lipinski definition) is 1. The van der Waals surface area contributed by atoms with Crippen LogP contribution in [0.2, 0.25) is 0 Å². The molecule has 0 saturated heterocycles. The van der Waals surface area contributed by atoms with E-state index in [1.165, 1.54) is 44.9 Å². The summed E-state index contributed by atoms with van der Waals surface area (Å²) < 4.78 is 6.36. The van der Waals surface area contributed by atoms with Crippen molar-refractivity contribution in [3.05, 3.63) is 0 Å². The van der Waals surface area contributed by atoms with Crippen molar-refractivity contribution in [2.75, 3.05) is 19.7 Å². The van der Waals surface area contributed by atoms with Crippen LogP contribution < -0.4 is 5.32 Å². The molecular formula is C17H35NO. The molecule has 2 heteroatoms. The first-order valence-electron chi connectivity index (χ1n) is 8.46. The molecule has 0 aromatic carbocycles. The summed E-state index contributed by atoms with van der Waals surface area (Å²) in [6.07, 6.45) is 8.94. The zero-order chi connectivity index (χ0) is 14.1. The molecule has 114 valence electrons. The molecule has 0 aromatic rings. The maximum atomic E-state index is 6.36. The minimum Gasteiger partial charge on any atom is -0.374 e. The third kappa shape index (κ3) is 6.27. The predicted octanol–water partition coefficient (Wildman–Crippen LogP) is 4.39. The Morgan fingerprint density at radius 2 is 1.89 bits per heavy atom. The van der Waals surface area contributed by atoms with Crippen molar-refractivity contribution >= 4 is 0 Å². The van der Waals surface area contributed by atoms with Gasteiger partial charge in [-0.15, -0.1) is 0 Å². The van der Waals surface area contributed by atoms with Gasteiger partial charge in [0.25, 0.3) is 0 Å². The van der Waals surface area contributed by atoms with Crippen LogP contribution in [0.5, 0.6) is 0 Å². The minimum atomic E-state index is 0.135. The Morgan fingerprint density at radius 1 is 1.21 bits per heavy atom. The molecule has 1 N–H and O–H groups in total. The van der Waals surface area contributed by atoms with E-state index < -0.39 is 0 Å². The molecule has 0 radical (unpaired) electrons. The third-order valence-corrected chi connectivity index (χ3v) is 4.57. The predicted molar refractivity (Wildman–Crippen MR) is 83.5 cm³/mol. The van der Waals surface area contributed by atoms with Gasteiger partial charge in [0.05, 0.1) is 5.60 Å². The molecule has 1 aliphatic carbocycles. The monoisotopic (exact) mass is 269 g/mol. The average Bonchev–Trinajstić information content (AvgIpc) is 2.40. The van der Waals surface area contributed by atoms with Gasteiger partial charge in [-0.3, -0.25) is 0 Å². The maximum absolute atomic E-state index is 6.36.